The summed E-state index contributed by atoms with van der Waals surface area (Å²) < 4.78 is 0. The molecule has 4 heteroatoms. The number of rotatable bonds is 4. The van der Waals surface area contributed by atoms with Crippen molar-refractivity contribution in [3.8, 4) is 11.3 Å². The molecule has 0 spiro atoms. The minimum atomic E-state index is 0.159. The second kappa shape index (κ2) is 4.30. The third-order valence-corrected chi connectivity index (χ3v) is 3.18. The molecule has 0 saturated heterocycles. The molecule has 1 aliphatic carbocycles. The maximum absolute atomic E-state index is 9.18. The molecule has 1 aliphatic rings. The molecule has 2 aromatic rings. The van der Waals surface area contributed by atoms with E-state index in [9.17, 15) is 5.11 Å². The average molecular weight is 229 g/mol. The molecule has 0 aromatic carbocycles. The van der Waals surface area contributed by atoms with Gasteiger partial charge in [-0.15, -0.1) is 0 Å². The van der Waals surface area contributed by atoms with Gasteiger partial charge in [-0.05, 0) is 31.4 Å². The molecule has 1 fully saturated rings. The van der Waals surface area contributed by atoms with E-state index in [0.29, 0.717) is 12.3 Å². The normalized spacial score (nSPS) is 15.1. The fourth-order valence-electron chi connectivity index (χ4n) is 2.19. The van der Waals surface area contributed by atoms with Crippen LogP contribution < -0.4 is 0 Å². The van der Waals surface area contributed by atoms with Gasteiger partial charge in [0.15, 0.2) is 0 Å². The topological polar surface area (TPSA) is 61.8 Å². The van der Waals surface area contributed by atoms with Crippen molar-refractivity contribution in [1.82, 2.24) is 15.2 Å². The van der Waals surface area contributed by atoms with Crippen molar-refractivity contribution in [2.45, 2.75) is 25.2 Å². The van der Waals surface area contributed by atoms with E-state index in [1.54, 1.807) is 6.20 Å². The lowest BCUT2D eigenvalue weighted by Crippen LogP contribution is -1.96. The maximum atomic E-state index is 9.18. The highest BCUT2D eigenvalue weighted by atomic mass is 16.2. The summed E-state index contributed by atoms with van der Waals surface area (Å²) in [5.74, 6) is 0.620. The molecule has 17 heavy (non-hydrogen) atoms. The molecule has 2 heterocycles. The maximum Gasteiger partial charge on any atom is 0.0971 e. The highest BCUT2D eigenvalue weighted by molar-refractivity contribution is 5.63. The summed E-state index contributed by atoms with van der Waals surface area (Å²) in [6, 6.07) is 3.91. The van der Waals surface area contributed by atoms with E-state index in [0.717, 1.165) is 16.8 Å². The standard InChI is InChI=1S/C13H15N3O/c17-7-5-11-12(9-3-4-9)15-16-13(11)10-2-1-6-14-8-10/h1-2,6,8-9,17H,3-5,7H2,(H,15,16). The summed E-state index contributed by atoms with van der Waals surface area (Å²) in [6.07, 6.45) is 6.68. The van der Waals surface area contributed by atoms with Crippen LogP contribution in [0.4, 0.5) is 0 Å². The number of hydrogen-bond donors (Lipinski definition) is 2. The van der Waals surface area contributed by atoms with Crippen LogP contribution in [0.1, 0.15) is 30.0 Å². The molecule has 2 aromatic heterocycles. The Morgan fingerprint density at radius 2 is 2.29 bits per heavy atom. The Morgan fingerprint density at radius 3 is 2.94 bits per heavy atom. The first kappa shape index (κ1) is 10.5. The van der Waals surface area contributed by atoms with Gasteiger partial charge in [-0.25, -0.2) is 0 Å². The van der Waals surface area contributed by atoms with Gasteiger partial charge in [0.05, 0.1) is 5.69 Å². The van der Waals surface area contributed by atoms with Crippen molar-refractivity contribution in [1.29, 1.82) is 0 Å². The quantitative estimate of drug-likeness (QED) is 0.841. The van der Waals surface area contributed by atoms with Crippen molar-refractivity contribution < 1.29 is 5.11 Å². The first-order valence-electron chi connectivity index (χ1n) is 5.98. The Bertz CT molecular complexity index is 503. The second-order valence-electron chi connectivity index (χ2n) is 4.45. The fraction of sp³-hybridized carbons (Fsp3) is 0.385. The predicted octanol–water partition coefficient (Wildman–Crippen LogP) is 1.88. The van der Waals surface area contributed by atoms with Gasteiger partial charge in [0, 0.05) is 41.7 Å². The molecule has 0 radical (unpaired) electrons. The van der Waals surface area contributed by atoms with Gasteiger partial charge in [-0.2, -0.15) is 5.10 Å². The monoisotopic (exact) mass is 229 g/mol. The second-order valence-corrected chi connectivity index (χ2v) is 4.45. The van der Waals surface area contributed by atoms with E-state index in [1.165, 1.54) is 18.5 Å². The minimum absolute atomic E-state index is 0.159. The number of aromatic nitrogens is 3. The third kappa shape index (κ3) is 1.96. The van der Waals surface area contributed by atoms with Crippen LogP contribution in [0.3, 0.4) is 0 Å². The van der Waals surface area contributed by atoms with E-state index in [2.05, 4.69) is 15.2 Å². The average Bonchev–Trinajstić information content (AvgIpc) is 3.13. The number of hydrogen-bond acceptors (Lipinski definition) is 3. The van der Waals surface area contributed by atoms with Crippen LogP contribution in [0.2, 0.25) is 0 Å². The van der Waals surface area contributed by atoms with Gasteiger partial charge in [-0.1, -0.05) is 0 Å². The smallest absolute Gasteiger partial charge is 0.0971 e. The number of aliphatic hydroxyl groups excluding tert-OH is 1. The van der Waals surface area contributed by atoms with Crippen LogP contribution in [0.5, 0.6) is 0 Å². The summed E-state index contributed by atoms with van der Waals surface area (Å²) >= 11 is 0. The molecule has 88 valence electrons. The van der Waals surface area contributed by atoms with Crippen molar-refractivity contribution >= 4 is 0 Å². The number of nitrogens with zero attached hydrogens (tertiary/aromatic N) is 2. The summed E-state index contributed by atoms with van der Waals surface area (Å²) in [4.78, 5) is 4.12. The Hall–Kier alpha value is -1.68. The first-order valence-corrected chi connectivity index (χ1v) is 5.98. The van der Waals surface area contributed by atoms with Crippen molar-refractivity contribution in [3.63, 3.8) is 0 Å². The van der Waals surface area contributed by atoms with Crippen molar-refractivity contribution in [3.05, 3.63) is 35.8 Å². The Kier molecular flexibility index (Phi) is 2.65. The molecule has 0 atom stereocenters. The molecule has 0 aliphatic heterocycles. The van der Waals surface area contributed by atoms with Crippen molar-refractivity contribution in [2.24, 2.45) is 0 Å². The number of aliphatic hydroxyl groups is 1. The Labute approximate surface area is 99.7 Å². The SMILES string of the molecule is OCCc1c(-c2cccnc2)n[nH]c1C1CC1. The third-order valence-electron chi connectivity index (χ3n) is 3.18. The van der Waals surface area contributed by atoms with E-state index >= 15 is 0 Å². The molecule has 2 N–H and O–H groups in total. The Balaban J connectivity index is 2.04. The number of H-pyrrole nitrogens is 1. The summed E-state index contributed by atoms with van der Waals surface area (Å²) in [7, 11) is 0. The molecule has 0 amide bonds. The van der Waals surface area contributed by atoms with Crippen LogP contribution >= 0.6 is 0 Å². The lowest BCUT2D eigenvalue weighted by atomic mass is 10.0. The zero-order chi connectivity index (χ0) is 11.7. The van der Waals surface area contributed by atoms with Crippen LogP contribution in [0, 0.1) is 0 Å². The van der Waals surface area contributed by atoms with E-state index < -0.39 is 0 Å². The summed E-state index contributed by atoms with van der Waals surface area (Å²) in [6.45, 7) is 0.159. The molecule has 0 bridgehead atoms. The zero-order valence-electron chi connectivity index (χ0n) is 9.56. The number of pyridine rings is 1. The molecule has 0 unspecified atom stereocenters. The molecular formula is C13H15N3O. The summed E-state index contributed by atoms with van der Waals surface area (Å²) in [5.41, 5.74) is 4.31. The van der Waals surface area contributed by atoms with Gasteiger partial charge < -0.3 is 5.11 Å². The minimum Gasteiger partial charge on any atom is -0.396 e. The highest BCUT2D eigenvalue weighted by Gasteiger charge is 2.29. The van der Waals surface area contributed by atoms with Crippen LogP contribution in [0.25, 0.3) is 11.3 Å². The van der Waals surface area contributed by atoms with Gasteiger partial charge >= 0.3 is 0 Å². The molecular weight excluding hydrogens is 214 g/mol. The largest absolute Gasteiger partial charge is 0.396 e. The zero-order valence-corrected chi connectivity index (χ0v) is 9.56. The van der Waals surface area contributed by atoms with Gasteiger partial charge in [-0.3, -0.25) is 10.1 Å². The van der Waals surface area contributed by atoms with E-state index in [4.69, 9.17) is 0 Å². The number of aromatic amines is 1. The molecule has 3 rings (SSSR count). The molecule has 4 nitrogen and oxygen atoms in total. The van der Waals surface area contributed by atoms with Gasteiger partial charge in [0.25, 0.3) is 0 Å². The first-order chi connectivity index (χ1) is 8.40. The Morgan fingerprint density at radius 1 is 1.41 bits per heavy atom. The van der Waals surface area contributed by atoms with Crippen LogP contribution in [0.15, 0.2) is 24.5 Å². The fourth-order valence-corrected chi connectivity index (χ4v) is 2.19. The van der Waals surface area contributed by atoms with Crippen molar-refractivity contribution in [2.75, 3.05) is 6.61 Å². The highest BCUT2D eigenvalue weighted by Crippen LogP contribution is 2.42. The lowest BCUT2D eigenvalue weighted by Gasteiger charge is -2.03. The van der Waals surface area contributed by atoms with Gasteiger partial charge in [0.2, 0.25) is 0 Å². The van der Waals surface area contributed by atoms with E-state index in [1.807, 2.05) is 18.3 Å². The van der Waals surface area contributed by atoms with E-state index in [-0.39, 0.29) is 6.61 Å². The van der Waals surface area contributed by atoms with Crippen LogP contribution in [-0.4, -0.2) is 26.9 Å². The van der Waals surface area contributed by atoms with Crippen LogP contribution in [-0.2, 0) is 6.42 Å². The number of nitrogens with one attached hydrogen (secondary N) is 1. The molecule has 1 saturated carbocycles. The lowest BCUT2D eigenvalue weighted by molar-refractivity contribution is 0.299. The van der Waals surface area contributed by atoms with Gasteiger partial charge in [0.1, 0.15) is 0 Å². The predicted molar refractivity (Wildman–Crippen MR) is 64.6 cm³/mol. The summed E-state index contributed by atoms with van der Waals surface area (Å²) in [5, 5.41) is 16.7.